The van der Waals surface area contributed by atoms with Crippen molar-refractivity contribution in [2.24, 2.45) is 0 Å². The first kappa shape index (κ1) is 13.6. The third-order valence-corrected chi connectivity index (χ3v) is 0.896. The van der Waals surface area contributed by atoms with Crippen molar-refractivity contribution in [2.45, 2.75) is 6.10 Å². The molecule has 0 rings (SSSR count). The van der Waals surface area contributed by atoms with Gasteiger partial charge in [-0.1, -0.05) is 0 Å². The van der Waals surface area contributed by atoms with Gasteiger partial charge in [-0.3, -0.25) is 4.18 Å². The second-order valence-electron chi connectivity index (χ2n) is 1.33. The molecular formula is C3H7NaO5S. The Morgan fingerprint density at radius 2 is 2.20 bits per heavy atom. The van der Waals surface area contributed by atoms with Crippen LogP contribution in [0.2, 0.25) is 0 Å². The van der Waals surface area contributed by atoms with Gasteiger partial charge in [0.25, 0.3) is 0 Å². The summed E-state index contributed by atoms with van der Waals surface area (Å²) >= 11 is -2.61. The van der Waals surface area contributed by atoms with Gasteiger partial charge in [-0.25, -0.2) is 4.21 Å². The Balaban J connectivity index is 0. The molecule has 0 amide bonds. The summed E-state index contributed by atoms with van der Waals surface area (Å²) in [6, 6.07) is 0. The Kier molecular flexibility index (Phi) is 11.0. The molecule has 2 unspecified atom stereocenters. The zero-order valence-corrected chi connectivity index (χ0v) is 8.34. The number of hydrogen-bond acceptors (Lipinski definition) is 5. The van der Waals surface area contributed by atoms with E-state index >= 15 is 0 Å². The van der Waals surface area contributed by atoms with E-state index in [0.717, 1.165) is 0 Å². The smallest absolute Gasteiger partial charge is 0.750 e. The average molecular weight is 178 g/mol. The maximum absolute atomic E-state index is 9.60. The summed E-state index contributed by atoms with van der Waals surface area (Å²) in [5.41, 5.74) is 0. The molecule has 0 aliphatic carbocycles. The zero-order chi connectivity index (χ0) is 7.28. The summed E-state index contributed by atoms with van der Waals surface area (Å²) in [5, 5.41) is 16.6. The molecule has 0 aliphatic heterocycles. The first-order valence-electron chi connectivity index (χ1n) is 2.18. The normalized spacial score (nSPS) is 15.5. The molecule has 0 aliphatic rings. The molecule has 0 radical (unpaired) electrons. The Morgan fingerprint density at radius 1 is 1.70 bits per heavy atom. The first-order valence-corrected chi connectivity index (χ1v) is 3.18. The minimum absolute atomic E-state index is 0. The van der Waals surface area contributed by atoms with Gasteiger partial charge in [-0.2, -0.15) is 0 Å². The Hall–Kier alpha value is 0.990. The van der Waals surface area contributed by atoms with Crippen molar-refractivity contribution in [3.05, 3.63) is 0 Å². The minimum Gasteiger partial charge on any atom is -0.750 e. The fourth-order valence-corrected chi connectivity index (χ4v) is 0.455. The van der Waals surface area contributed by atoms with Gasteiger partial charge in [-0.15, -0.1) is 0 Å². The summed E-state index contributed by atoms with van der Waals surface area (Å²) in [5.74, 6) is 0. The van der Waals surface area contributed by atoms with E-state index in [4.69, 9.17) is 10.2 Å². The van der Waals surface area contributed by atoms with Crippen LogP contribution in [0, 0.1) is 0 Å². The number of aliphatic hydroxyl groups excluding tert-OH is 2. The zero-order valence-electron chi connectivity index (χ0n) is 5.52. The van der Waals surface area contributed by atoms with Gasteiger partial charge in [0.1, 0.15) is 6.10 Å². The van der Waals surface area contributed by atoms with Gasteiger partial charge < -0.3 is 14.8 Å². The molecule has 0 fully saturated rings. The fourth-order valence-electron chi connectivity index (χ4n) is 0.187. The van der Waals surface area contributed by atoms with Gasteiger partial charge >= 0.3 is 29.6 Å². The number of rotatable bonds is 4. The van der Waals surface area contributed by atoms with Crippen molar-refractivity contribution < 1.29 is 52.7 Å². The topological polar surface area (TPSA) is 89.8 Å². The molecule has 7 heteroatoms. The molecule has 0 saturated carbocycles. The third-order valence-electron chi connectivity index (χ3n) is 0.567. The summed E-state index contributed by atoms with van der Waals surface area (Å²) in [7, 11) is 0. The van der Waals surface area contributed by atoms with Crippen LogP contribution < -0.4 is 29.6 Å². The monoisotopic (exact) mass is 178 g/mol. The Bertz CT molecular complexity index is 98.9. The molecular weight excluding hydrogens is 171 g/mol. The molecule has 0 bridgehead atoms. The molecule has 0 heterocycles. The second kappa shape index (κ2) is 8.09. The van der Waals surface area contributed by atoms with Crippen LogP contribution in [0.25, 0.3) is 0 Å². The summed E-state index contributed by atoms with van der Waals surface area (Å²) in [4.78, 5) is 0. The van der Waals surface area contributed by atoms with E-state index in [2.05, 4.69) is 4.18 Å². The van der Waals surface area contributed by atoms with Crippen LogP contribution in [0.3, 0.4) is 0 Å². The van der Waals surface area contributed by atoms with E-state index in [1.807, 2.05) is 0 Å². The van der Waals surface area contributed by atoms with Gasteiger partial charge in [-0.05, 0) is 0 Å². The van der Waals surface area contributed by atoms with Crippen molar-refractivity contribution >= 4 is 11.4 Å². The van der Waals surface area contributed by atoms with Gasteiger partial charge in [0.2, 0.25) is 0 Å². The number of hydrogen-bond donors (Lipinski definition) is 2. The molecule has 0 aromatic carbocycles. The van der Waals surface area contributed by atoms with E-state index in [1.165, 1.54) is 0 Å². The van der Waals surface area contributed by atoms with Gasteiger partial charge in [0.05, 0.1) is 24.6 Å². The molecule has 56 valence electrons. The molecule has 5 nitrogen and oxygen atoms in total. The first-order chi connectivity index (χ1) is 4.16. The van der Waals surface area contributed by atoms with Crippen LogP contribution in [0.15, 0.2) is 0 Å². The summed E-state index contributed by atoms with van der Waals surface area (Å²) < 4.78 is 23.1. The Labute approximate surface area is 83.2 Å². The van der Waals surface area contributed by atoms with Crippen molar-refractivity contribution in [1.82, 2.24) is 0 Å². The van der Waals surface area contributed by atoms with E-state index in [1.54, 1.807) is 0 Å². The summed E-state index contributed by atoms with van der Waals surface area (Å²) in [6.45, 7) is -0.899. The molecule has 0 spiro atoms. The predicted octanol–water partition coefficient (Wildman–Crippen LogP) is -4.85. The average Bonchev–Trinajstić information content (AvgIpc) is 1.83. The van der Waals surface area contributed by atoms with Crippen LogP contribution in [0.5, 0.6) is 0 Å². The molecule has 0 aromatic rings. The number of aliphatic hydroxyl groups is 2. The summed E-state index contributed by atoms with van der Waals surface area (Å²) in [6.07, 6.45) is -1.12. The van der Waals surface area contributed by atoms with Crippen LogP contribution in [0.1, 0.15) is 0 Å². The maximum atomic E-state index is 9.60. The second-order valence-corrected chi connectivity index (χ2v) is 1.97. The van der Waals surface area contributed by atoms with Crippen molar-refractivity contribution in [2.75, 3.05) is 13.2 Å². The molecule has 2 N–H and O–H groups in total. The molecule has 10 heavy (non-hydrogen) atoms. The Morgan fingerprint density at radius 3 is 2.50 bits per heavy atom. The fraction of sp³-hybridized carbons (Fsp3) is 1.00. The maximum Gasteiger partial charge on any atom is 1.00 e. The van der Waals surface area contributed by atoms with Crippen molar-refractivity contribution in [3.8, 4) is 0 Å². The van der Waals surface area contributed by atoms with E-state index in [-0.39, 0.29) is 29.6 Å². The standard InChI is InChI=1S/C3H8O5S.Na/c4-1-3(5)2-8-9(6)7;/h3-5H,1-2H2,(H,6,7);/q;+1/p-1. The minimum atomic E-state index is -2.61. The molecule has 0 aromatic heterocycles. The van der Waals surface area contributed by atoms with Gasteiger partial charge in [0.15, 0.2) is 0 Å². The van der Waals surface area contributed by atoms with Gasteiger partial charge in [0, 0.05) is 0 Å². The van der Waals surface area contributed by atoms with Crippen molar-refractivity contribution in [3.63, 3.8) is 0 Å². The molecule has 0 saturated heterocycles. The third kappa shape index (κ3) is 8.99. The van der Waals surface area contributed by atoms with Crippen LogP contribution in [-0.2, 0) is 15.5 Å². The van der Waals surface area contributed by atoms with Crippen LogP contribution >= 0.6 is 0 Å². The quantitative estimate of drug-likeness (QED) is 0.333. The van der Waals surface area contributed by atoms with Crippen LogP contribution in [-0.4, -0.2) is 38.3 Å². The van der Waals surface area contributed by atoms with Crippen LogP contribution in [0.4, 0.5) is 0 Å². The molecule has 2 atom stereocenters. The largest absolute Gasteiger partial charge is 1.00 e. The SMILES string of the molecule is O=S([O-])OCC(O)CO.[Na+]. The predicted molar refractivity (Wildman–Crippen MR) is 28.0 cm³/mol. The van der Waals surface area contributed by atoms with E-state index in [9.17, 15) is 8.76 Å². The van der Waals surface area contributed by atoms with Crippen molar-refractivity contribution in [1.29, 1.82) is 0 Å². The van der Waals surface area contributed by atoms with E-state index < -0.39 is 30.7 Å². The van der Waals surface area contributed by atoms with E-state index in [0.29, 0.717) is 0 Å².